The Balaban J connectivity index is 1.87. The molecular weight excluding hydrogens is 265 g/mol. The fraction of sp³-hybridized carbons (Fsp3) is 0.636. The molecule has 2 heterocycles. The van der Waals surface area contributed by atoms with Crippen LogP contribution in [0.4, 0.5) is 0 Å². The molecule has 1 aromatic heterocycles. The number of nitrogens with one attached hydrogen (secondary N) is 1. The van der Waals surface area contributed by atoms with E-state index >= 15 is 0 Å². The van der Waals surface area contributed by atoms with Gasteiger partial charge in [-0.15, -0.1) is 11.3 Å². The second-order valence-electron chi connectivity index (χ2n) is 4.04. The van der Waals surface area contributed by atoms with Crippen LogP contribution >= 0.6 is 34.5 Å². The predicted molar refractivity (Wildman–Crippen MR) is 69.7 cm³/mol. The van der Waals surface area contributed by atoms with Crippen molar-refractivity contribution in [1.29, 1.82) is 0 Å². The maximum Gasteiger partial charge on any atom is 0.0991 e. The van der Waals surface area contributed by atoms with Crippen LogP contribution in [0.3, 0.4) is 0 Å². The molecule has 1 aliphatic heterocycles. The highest BCUT2D eigenvalue weighted by atomic mass is 35.5. The molecule has 5 heteroatoms. The van der Waals surface area contributed by atoms with Crippen LogP contribution in [-0.4, -0.2) is 19.3 Å². The minimum atomic E-state index is 0.223. The van der Waals surface area contributed by atoms with Crippen LogP contribution < -0.4 is 5.32 Å². The number of ether oxygens (including phenoxy) is 1. The first kappa shape index (κ1) is 12.7. The molecule has 0 amide bonds. The zero-order valence-electron chi connectivity index (χ0n) is 9.13. The predicted octanol–water partition coefficient (Wildman–Crippen LogP) is 3.88. The molecule has 2 nitrogen and oxygen atoms in total. The lowest BCUT2D eigenvalue weighted by molar-refractivity contribution is 0.108. The molecule has 1 fully saturated rings. The summed E-state index contributed by atoms with van der Waals surface area (Å²) in [7, 11) is 0. The summed E-state index contributed by atoms with van der Waals surface area (Å²) in [5.74, 6) is 0. The molecule has 0 bridgehead atoms. The molecule has 2 rings (SSSR count). The molecule has 90 valence electrons. The molecule has 1 aliphatic rings. The standard InChI is InChI=1S/C11H15Cl2NOS/c1-7(9-5-10(12)16-11(9)13)14-6-8-3-2-4-15-8/h5,7-8,14H,2-4,6H2,1H3. The zero-order valence-corrected chi connectivity index (χ0v) is 11.5. The van der Waals surface area contributed by atoms with Gasteiger partial charge in [-0.25, -0.2) is 0 Å². The van der Waals surface area contributed by atoms with E-state index in [9.17, 15) is 0 Å². The summed E-state index contributed by atoms with van der Waals surface area (Å²) in [6.07, 6.45) is 2.68. The largest absolute Gasteiger partial charge is 0.377 e. The Hall–Kier alpha value is 0.200. The van der Waals surface area contributed by atoms with E-state index in [4.69, 9.17) is 27.9 Å². The van der Waals surface area contributed by atoms with E-state index in [2.05, 4.69) is 12.2 Å². The Morgan fingerprint density at radius 2 is 2.44 bits per heavy atom. The minimum absolute atomic E-state index is 0.223. The number of rotatable bonds is 4. The van der Waals surface area contributed by atoms with Crippen molar-refractivity contribution in [3.05, 3.63) is 20.3 Å². The second kappa shape index (κ2) is 5.69. The lowest BCUT2D eigenvalue weighted by atomic mass is 10.1. The van der Waals surface area contributed by atoms with Crippen LogP contribution in [-0.2, 0) is 4.74 Å². The molecule has 16 heavy (non-hydrogen) atoms. The molecule has 0 aromatic carbocycles. The molecule has 0 aliphatic carbocycles. The highest BCUT2D eigenvalue weighted by Crippen LogP contribution is 2.34. The van der Waals surface area contributed by atoms with Crippen molar-refractivity contribution in [2.45, 2.75) is 31.9 Å². The monoisotopic (exact) mass is 279 g/mol. The lowest BCUT2D eigenvalue weighted by Crippen LogP contribution is -2.28. The van der Waals surface area contributed by atoms with Crippen LogP contribution in [0.2, 0.25) is 8.67 Å². The van der Waals surface area contributed by atoms with Gasteiger partial charge in [-0.3, -0.25) is 0 Å². The van der Waals surface area contributed by atoms with Gasteiger partial charge in [-0.2, -0.15) is 0 Å². The topological polar surface area (TPSA) is 21.3 Å². The molecule has 2 atom stereocenters. The van der Waals surface area contributed by atoms with Crippen molar-refractivity contribution < 1.29 is 4.74 Å². The highest BCUT2D eigenvalue weighted by molar-refractivity contribution is 7.20. The third kappa shape index (κ3) is 3.11. The summed E-state index contributed by atoms with van der Waals surface area (Å²) in [5, 5.41) is 3.43. The van der Waals surface area contributed by atoms with Crippen molar-refractivity contribution in [2.75, 3.05) is 13.2 Å². The summed E-state index contributed by atoms with van der Waals surface area (Å²) in [4.78, 5) is 0. The fourth-order valence-corrected chi connectivity index (χ4v) is 3.52. The number of hydrogen-bond donors (Lipinski definition) is 1. The van der Waals surface area contributed by atoms with E-state index in [1.165, 1.54) is 17.8 Å². The Bertz CT molecular complexity index is 350. The molecule has 1 aromatic rings. The quantitative estimate of drug-likeness (QED) is 0.903. The lowest BCUT2D eigenvalue weighted by Gasteiger charge is -2.16. The normalized spacial score (nSPS) is 22.6. The summed E-state index contributed by atoms with van der Waals surface area (Å²) in [6.45, 7) is 3.87. The van der Waals surface area contributed by atoms with Crippen molar-refractivity contribution in [1.82, 2.24) is 5.32 Å². The van der Waals surface area contributed by atoms with Crippen LogP contribution in [0.25, 0.3) is 0 Å². The van der Waals surface area contributed by atoms with Gasteiger partial charge in [0.05, 0.1) is 14.8 Å². The molecule has 0 saturated carbocycles. The smallest absolute Gasteiger partial charge is 0.0991 e. The van der Waals surface area contributed by atoms with Gasteiger partial charge in [0.25, 0.3) is 0 Å². The summed E-state index contributed by atoms with van der Waals surface area (Å²) in [6, 6.07) is 2.15. The Kier molecular flexibility index (Phi) is 4.50. The average Bonchev–Trinajstić information content (AvgIpc) is 2.84. The molecule has 2 unspecified atom stereocenters. The number of halogens is 2. The third-order valence-electron chi connectivity index (χ3n) is 2.83. The van der Waals surface area contributed by atoms with Crippen LogP contribution in [0.15, 0.2) is 6.07 Å². The second-order valence-corrected chi connectivity index (χ2v) is 6.33. The van der Waals surface area contributed by atoms with E-state index in [0.717, 1.165) is 33.8 Å². The Labute approximate surface area is 110 Å². The molecule has 1 saturated heterocycles. The third-order valence-corrected chi connectivity index (χ3v) is 4.34. The van der Waals surface area contributed by atoms with Gasteiger partial charge in [0.2, 0.25) is 0 Å². The van der Waals surface area contributed by atoms with Crippen molar-refractivity contribution in [2.24, 2.45) is 0 Å². The average molecular weight is 280 g/mol. The fourth-order valence-electron chi connectivity index (χ4n) is 1.87. The molecule has 0 spiro atoms. The van der Waals surface area contributed by atoms with Crippen LogP contribution in [0.5, 0.6) is 0 Å². The molecule has 1 N–H and O–H groups in total. The first-order valence-electron chi connectivity index (χ1n) is 5.46. The van der Waals surface area contributed by atoms with Crippen LogP contribution in [0.1, 0.15) is 31.4 Å². The van der Waals surface area contributed by atoms with Gasteiger partial charge in [-0.1, -0.05) is 23.2 Å². The van der Waals surface area contributed by atoms with Gasteiger partial charge in [0.1, 0.15) is 0 Å². The van der Waals surface area contributed by atoms with E-state index in [1.807, 2.05) is 6.07 Å². The maximum atomic E-state index is 6.10. The van der Waals surface area contributed by atoms with E-state index in [0.29, 0.717) is 6.10 Å². The van der Waals surface area contributed by atoms with E-state index in [-0.39, 0.29) is 6.04 Å². The minimum Gasteiger partial charge on any atom is -0.377 e. The summed E-state index contributed by atoms with van der Waals surface area (Å²) in [5.41, 5.74) is 1.08. The summed E-state index contributed by atoms with van der Waals surface area (Å²) < 4.78 is 7.07. The number of hydrogen-bond acceptors (Lipinski definition) is 3. The molecular formula is C11H15Cl2NOS. The van der Waals surface area contributed by atoms with E-state index in [1.54, 1.807) is 0 Å². The highest BCUT2D eigenvalue weighted by Gasteiger charge is 2.18. The van der Waals surface area contributed by atoms with Crippen molar-refractivity contribution in [3.8, 4) is 0 Å². The van der Waals surface area contributed by atoms with Crippen molar-refractivity contribution >= 4 is 34.5 Å². The first-order chi connectivity index (χ1) is 7.66. The SMILES string of the molecule is CC(NCC1CCCO1)c1cc(Cl)sc1Cl. The van der Waals surface area contributed by atoms with Gasteiger partial charge in [0.15, 0.2) is 0 Å². The van der Waals surface area contributed by atoms with Crippen LogP contribution in [0, 0.1) is 0 Å². The number of thiophene rings is 1. The van der Waals surface area contributed by atoms with Gasteiger partial charge in [-0.05, 0) is 31.4 Å². The first-order valence-corrected chi connectivity index (χ1v) is 7.04. The Morgan fingerprint density at radius 3 is 3.00 bits per heavy atom. The maximum absolute atomic E-state index is 6.10. The van der Waals surface area contributed by atoms with Gasteiger partial charge >= 0.3 is 0 Å². The van der Waals surface area contributed by atoms with E-state index < -0.39 is 0 Å². The van der Waals surface area contributed by atoms with Gasteiger partial charge < -0.3 is 10.1 Å². The van der Waals surface area contributed by atoms with Crippen molar-refractivity contribution in [3.63, 3.8) is 0 Å². The zero-order chi connectivity index (χ0) is 11.5. The van der Waals surface area contributed by atoms with Gasteiger partial charge in [0, 0.05) is 19.2 Å². The molecule has 0 radical (unpaired) electrons. The summed E-state index contributed by atoms with van der Waals surface area (Å²) >= 11 is 13.4. The Morgan fingerprint density at radius 1 is 1.62 bits per heavy atom.